The van der Waals surface area contributed by atoms with Gasteiger partial charge in [0.05, 0.1) is 0 Å². The van der Waals surface area contributed by atoms with E-state index in [1.165, 1.54) is 12.0 Å². The lowest BCUT2D eigenvalue weighted by Gasteiger charge is -2.39. The highest BCUT2D eigenvalue weighted by atomic mass is 15.3. The van der Waals surface area contributed by atoms with Gasteiger partial charge in [0, 0.05) is 37.9 Å². The van der Waals surface area contributed by atoms with Gasteiger partial charge in [-0.15, -0.1) is 0 Å². The Morgan fingerprint density at radius 2 is 2.16 bits per heavy atom. The van der Waals surface area contributed by atoms with E-state index >= 15 is 0 Å². The number of nitrogens with zero attached hydrogens (tertiary/aromatic N) is 3. The lowest BCUT2D eigenvalue weighted by atomic mass is 10.1. The molecule has 1 saturated heterocycles. The van der Waals surface area contributed by atoms with E-state index in [1.807, 2.05) is 7.05 Å². The van der Waals surface area contributed by atoms with Gasteiger partial charge in [-0.05, 0) is 45.1 Å². The third-order valence-corrected chi connectivity index (χ3v) is 3.95. The van der Waals surface area contributed by atoms with Crippen LogP contribution in [0.15, 0.2) is 12.1 Å². The zero-order valence-corrected chi connectivity index (χ0v) is 12.6. The second-order valence-electron chi connectivity index (χ2n) is 5.49. The highest BCUT2D eigenvalue weighted by Crippen LogP contribution is 2.20. The first kappa shape index (κ1) is 14.3. The van der Waals surface area contributed by atoms with E-state index in [-0.39, 0.29) is 0 Å². The Kier molecular flexibility index (Phi) is 4.77. The highest BCUT2D eigenvalue weighted by Gasteiger charge is 2.23. The number of rotatable bonds is 4. The van der Waals surface area contributed by atoms with Crippen LogP contribution in [0, 0.1) is 6.92 Å². The largest absolute Gasteiger partial charge is 0.354 e. The molecule has 0 amide bonds. The van der Waals surface area contributed by atoms with Crippen LogP contribution in [0.4, 0.5) is 5.82 Å². The summed E-state index contributed by atoms with van der Waals surface area (Å²) in [5, 5.41) is 3.21. The Balaban J connectivity index is 2.17. The van der Waals surface area contributed by atoms with Crippen LogP contribution in [0.5, 0.6) is 0 Å². The number of anilines is 1. The average molecular weight is 262 g/mol. The molecule has 19 heavy (non-hydrogen) atoms. The van der Waals surface area contributed by atoms with Crippen molar-refractivity contribution in [3.05, 3.63) is 23.4 Å². The van der Waals surface area contributed by atoms with Crippen molar-refractivity contribution in [3.63, 3.8) is 0 Å². The molecule has 2 heterocycles. The van der Waals surface area contributed by atoms with Gasteiger partial charge in [0.1, 0.15) is 5.82 Å². The molecule has 0 aliphatic carbocycles. The molecule has 2 rings (SSSR count). The van der Waals surface area contributed by atoms with E-state index in [9.17, 15) is 0 Å². The zero-order valence-electron chi connectivity index (χ0n) is 12.6. The topological polar surface area (TPSA) is 31.4 Å². The molecule has 4 nitrogen and oxygen atoms in total. The molecular weight excluding hydrogens is 236 g/mol. The maximum Gasteiger partial charge on any atom is 0.129 e. The number of hydrogen-bond acceptors (Lipinski definition) is 4. The number of hydrogen-bond donors (Lipinski definition) is 1. The Morgan fingerprint density at radius 3 is 2.84 bits per heavy atom. The summed E-state index contributed by atoms with van der Waals surface area (Å²) in [6, 6.07) is 5.03. The summed E-state index contributed by atoms with van der Waals surface area (Å²) in [7, 11) is 4.21. The van der Waals surface area contributed by atoms with Crippen LogP contribution in [0.3, 0.4) is 0 Å². The summed E-state index contributed by atoms with van der Waals surface area (Å²) in [5.41, 5.74) is 2.42. The third kappa shape index (κ3) is 3.45. The van der Waals surface area contributed by atoms with E-state index < -0.39 is 0 Å². The normalized spacial score (nSPS) is 20.8. The van der Waals surface area contributed by atoms with Gasteiger partial charge in [-0.3, -0.25) is 4.90 Å². The number of pyridine rings is 1. The fraction of sp³-hybridized carbons (Fsp3) is 0.667. The first-order valence-electron chi connectivity index (χ1n) is 7.21. The first-order chi connectivity index (χ1) is 9.13. The monoisotopic (exact) mass is 262 g/mol. The molecule has 1 aliphatic rings. The van der Waals surface area contributed by atoms with E-state index in [1.54, 1.807) is 0 Å². The summed E-state index contributed by atoms with van der Waals surface area (Å²) >= 11 is 0. The van der Waals surface area contributed by atoms with Gasteiger partial charge < -0.3 is 10.2 Å². The molecule has 1 unspecified atom stereocenters. The van der Waals surface area contributed by atoms with Crippen LogP contribution in [0.1, 0.15) is 24.6 Å². The standard InChI is InChI=1S/C15H26N4/c1-5-14-11-19(7-6-18(14)4)15-9-13(10-16-3)8-12(2)17-15/h8-9,14,16H,5-7,10-11H2,1-4H3. The molecule has 4 heteroatoms. The van der Waals surface area contributed by atoms with Crippen molar-refractivity contribution in [3.8, 4) is 0 Å². The molecule has 1 aromatic rings. The predicted octanol–water partition coefficient (Wildman–Crippen LogP) is 1.64. The summed E-state index contributed by atoms with van der Waals surface area (Å²) in [4.78, 5) is 9.60. The molecule has 106 valence electrons. The minimum absolute atomic E-state index is 0.642. The molecule has 1 aromatic heterocycles. The summed E-state index contributed by atoms with van der Waals surface area (Å²) in [5.74, 6) is 1.14. The third-order valence-electron chi connectivity index (χ3n) is 3.95. The minimum atomic E-state index is 0.642. The van der Waals surface area contributed by atoms with Crippen LogP contribution in [-0.2, 0) is 6.54 Å². The molecule has 0 aromatic carbocycles. The molecular formula is C15H26N4. The summed E-state index contributed by atoms with van der Waals surface area (Å²) < 4.78 is 0. The SMILES string of the molecule is CCC1CN(c2cc(CNC)cc(C)n2)CCN1C. The van der Waals surface area contributed by atoms with Gasteiger partial charge >= 0.3 is 0 Å². The van der Waals surface area contributed by atoms with Crippen LogP contribution >= 0.6 is 0 Å². The van der Waals surface area contributed by atoms with Gasteiger partial charge in [-0.2, -0.15) is 0 Å². The molecule has 1 aliphatic heterocycles. The Bertz CT molecular complexity index is 419. The quantitative estimate of drug-likeness (QED) is 0.894. The van der Waals surface area contributed by atoms with Gasteiger partial charge in [-0.25, -0.2) is 4.98 Å². The van der Waals surface area contributed by atoms with Gasteiger partial charge in [0.2, 0.25) is 0 Å². The van der Waals surface area contributed by atoms with E-state index in [2.05, 4.69) is 48.1 Å². The van der Waals surface area contributed by atoms with Gasteiger partial charge in [-0.1, -0.05) is 6.92 Å². The first-order valence-corrected chi connectivity index (χ1v) is 7.21. The average Bonchev–Trinajstić information content (AvgIpc) is 2.39. The van der Waals surface area contributed by atoms with Gasteiger partial charge in [0.15, 0.2) is 0 Å². The summed E-state index contributed by atoms with van der Waals surface area (Å²) in [6.45, 7) is 8.53. The Labute approximate surface area is 116 Å². The molecule has 0 spiro atoms. The lowest BCUT2D eigenvalue weighted by molar-refractivity contribution is 0.213. The van der Waals surface area contributed by atoms with E-state index in [0.717, 1.165) is 37.7 Å². The van der Waals surface area contributed by atoms with Gasteiger partial charge in [0.25, 0.3) is 0 Å². The molecule has 1 N–H and O–H groups in total. The highest BCUT2D eigenvalue weighted by molar-refractivity contribution is 5.43. The predicted molar refractivity (Wildman–Crippen MR) is 80.7 cm³/mol. The second kappa shape index (κ2) is 6.35. The van der Waals surface area contributed by atoms with Crippen molar-refractivity contribution < 1.29 is 0 Å². The fourth-order valence-electron chi connectivity index (χ4n) is 2.78. The molecule has 1 atom stereocenters. The van der Waals surface area contributed by atoms with E-state index in [0.29, 0.717) is 6.04 Å². The molecule has 1 fully saturated rings. The van der Waals surface area contributed by atoms with Crippen molar-refractivity contribution in [1.82, 2.24) is 15.2 Å². The lowest BCUT2D eigenvalue weighted by Crippen LogP contribution is -2.51. The number of nitrogens with one attached hydrogen (secondary N) is 1. The zero-order chi connectivity index (χ0) is 13.8. The number of aromatic nitrogens is 1. The van der Waals surface area contributed by atoms with Crippen LogP contribution < -0.4 is 10.2 Å². The Morgan fingerprint density at radius 1 is 1.37 bits per heavy atom. The smallest absolute Gasteiger partial charge is 0.129 e. The molecule has 0 bridgehead atoms. The number of likely N-dealkylation sites (N-methyl/N-ethyl adjacent to an activating group) is 1. The maximum atomic E-state index is 4.71. The summed E-state index contributed by atoms with van der Waals surface area (Å²) in [6.07, 6.45) is 1.20. The number of piperazine rings is 1. The van der Waals surface area contributed by atoms with Crippen LogP contribution in [0.25, 0.3) is 0 Å². The van der Waals surface area contributed by atoms with Crippen molar-refractivity contribution in [1.29, 1.82) is 0 Å². The maximum absolute atomic E-state index is 4.71. The van der Waals surface area contributed by atoms with Crippen LogP contribution in [-0.4, -0.2) is 49.7 Å². The second-order valence-corrected chi connectivity index (χ2v) is 5.49. The van der Waals surface area contributed by atoms with Crippen molar-refractivity contribution in [2.75, 3.05) is 38.6 Å². The molecule has 0 radical (unpaired) electrons. The minimum Gasteiger partial charge on any atom is -0.354 e. The Hall–Kier alpha value is -1.13. The van der Waals surface area contributed by atoms with Crippen molar-refractivity contribution in [2.24, 2.45) is 0 Å². The van der Waals surface area contributed by atoms with Crippen molar-refractivity contribution >= 4 is 5.82 Å². The fourth-order valence-corrected chi connectivity index (χ4v) is 2.78. The molecule has 0 saturated carbocycles. The van der Waals surface area contributed by atoms with Crippen LogP contribution in [0.2, 0.25) is 0 Å². The van der Waals surface area contributed by atoms with Crippen molar-refractivity contribution in [2.45, 2.75) is 32.9 Å². The van der Waals surface area contributed by atoms with E-state index in [4.69, 9.17) is 4.98 Å². The number of aryl methyl sites for hydroxylation is 1.